The van der Waals surface area contributed by atoms with Crippen LogP contribution in [-0.2, 0) is 14.3 Å². The predicted octanol–water partition coefficient (Wildman–Crippen LogP) is 2.33. The van der Waals surface area contributed by atoms with E-state index in [0.717, 1.165) is 0 Å². The maximum absolute atomic E-state index is 10.4. The molecule has 0 aromatic carbocycles. The highest BCUT2D eigenvalue weighted by atomic mass is 16.5. The fourth-order valence-corrected chi connectivity index (χ4v) is 0.346. The van der Waals surface area contributed by atoms with Gasteiger partial charge in [0.15, 0.2) is 0 Å². The van der Waals surface area contributed by atoms with E-state index in [1.807, 2.05) is 20.8 Å². The van der Waals surface area contributed by atoms with Gasteiger partial charge in [-0.3, -0.25) is 4.79 Å². The number of ether oxygens (including phenoxy) is 1. The molecule has 0 aliphatic heterocycles. The summed E-state index contributed by atoms with van der Waals surface area (Å²) >= 11 is 0. The summed E-state index contributed by atoms with van der Waals surface area (Å²) in [4.78, 5) is 20.2. The number of esters is 1. The lowest BCUT2D eigenvalue weighted by molar-refractivity contribution is -0.146. The Labute approximate surface area is 80.5 Å². The van der Waals surface area contributed by atoms with Crippen molar-refractivity contribution < 1.29 is 14.3 Å². The van der Waals surface area contributed by atoms with Crippen LogP contribution < -0.4 is 0 Å². The molecular weight excluding hydrogens is 168 g/mol. The quantitative estimate of drug-likeness (QED) is 0.638. The summed E-state index contributed by atoms with van der Waals surface area (Å²) in [6, 6.07) is 0. The minimum atomic E-state index is -0.125. The molecular formula is C10H20O3. The molecule has 0 saturated heterocycles. The number of hydrogen-bond acceptors (Lipinski definition) is 3. The highest BCUT2D eigenvalue weighted by molar-refractivity contribution is 5.74. The van der Waals surface area contributed by atoms with Gasteiger partial charge >= 0.3 is 5.97 Å². The molecule has 78 valence electrons. The monoisotopic (exact) mass is 188 g/mol. The first-order valence-corrected chi connectivity index (χ1v) is 4.62. The Balaban J connectivity index is 0. The topological polar surface area (TPSA) is 43.4 Å². The Hall–Kier alpha value is -0.860. The van der Waals surface area contributed by atoms with Crippen LogP contribution in [0.5, 0.6) is 0 Å². The van der Waals surface area contributed by atoms with E-state index in [9.17, 15) is 9.59 Å². The molecule has 0 saturated carbocycles. The van der Waals surface area contributed by atoms with Crippen molar-refractivity contribution in [1.29, 1.82) is 0 Å². The van der Waals surface area contributed by atoms with E-state index in [0.29, 0.717) is 12.8 Å². The average molecular weight is 188 g/mol. The Morgan fingerprint density at radius 2 is 1.54 bits per heavy atom. The average Bonchev–Trinajstić information content (AvgIpc) is 2.04. The number of rotatable bonds is 3. The molecule has 0 spiro atoms. The van der Waals surface area contributed by atoms with Crippen LogP contribution in [0.25, 0.3) is 0 Å². The summed E-state index contributed by atoms with van der Waals surface area (Å²) in [5.74, 6) is 0.130. The number of ketones is 1. The van der Waals surface area contributed by atoms with Crippen molar-refractivity contribution in [2.45, 2.75) is 53.6 Å². The zero-order valence-corrected chi connectivity index (χ0v) is 9.22. The largest absolute Gasteiger partial charge is 0.463 e. The molecule has 0 aromatic rings. The van der Waals surface area contributed by atoms with E-state index in [1.54, 1.807) is 13.8 Å². The van der Waals surface area contributed by atoms with E-state index in [2.05, 4.69) is 0 Å². The van der Waals surface area contributed by atoms with Crippen LogP contribution in [0.3, 0.4) is 0 Å². The molecule has 3 heteroatoms. The molecule has 0 aliphatic rings. The maximum atomic E-state index is 10.4. The number of hydrogen-bond donors (Lipinski definition) is 0. The number of Topliss-reactive ketones (excluding diaryl/α,β-unsaturated/α-hetero) is 1. The molecule has 0 unspecified atom stereocenters. The summed E-state index contributed by atoms with van der Waals surface area (Å²) in [7, 11) is 0. The number of carbonyl (C=O) groups is 2. The third kappa shape index (κ3) is 18.3. The lowest BCUT2D eigenvalue weighted by Crippen LogP contribution is -2.09. The first-order chi connectivity index (χ1) is 5.93. The van der Waals surface area contributed by atoms with E-state index in [1.165, 1.54) is 0 Å². The van der Waals surface area contributed by atoms with Crippen LogP contribution in [0.15, 0.2) is 0 Å². The minimum Gasteiger partial charge on any atom is -0.463 e. The molecule has 3 nitrogen and oxygen atoms in total. The van der Waals surface area contributed by atoms with Gasteiger partial charge in [-0.15, -0.1) is 0 Å². The first kappa shape index (κ1) is 14.7. The zero-order valence-electron chi connectivity index (χ0n) is 9.22. The Morgan fingerprint density at radius 3 is 1.62 bits per heavy atom. The standard InChI is InChI=1S/C6H12O2.C4H8O/c1-4-6(7)8-5(2)3;1-3-4(2)5/h5H,4H2,1-3H3;3H2,1-2H3. The third-order valence-corrected chi connectivity index (χ3v) is 1.15. The second kappa shape index (κ2) is 9.23. The Bertz CT molecular complexity index is 150. The molecule has 0 aliphatic carbocycles. The van der Waals surface area contributed by atoms with Gasteiger partial charge in [-0.25, -0.2) is 0 Å². The molecule has 0 fully saturated rings. The van der Waals surface area contributed by atoms with Crippen molar-refractivity contribution in [3.63, 3.8) is 0 Å². The van der Waals surface area contributed by atoms with Crippen molar-refractivity contribution in [1.82, 2.24) is 0 Å². The summed E-state index contributed by atoms with van der Waals surface area (Å²) < 4.78 is 4.76. The van der Waals surface area contributed by atoms with E-state index < -0.39 is 0 Å². The van der Waals surface area contributed by atoms with Crippen LogP contribution in [0.4, 0.5) is 0 Å². The second-order valence-corrected chi connectivity index (χ2v) is 2.95. The Morgan fingerprint density at radius 1 is 1.15 bits per heavy atom. The zero-order chi connectivity index (χ0) is 10.9. The highest BCUT2D eigenvalue weighted by Crippen LogP contribution is 1.90. The summed E-state index contributed by atoms with van der Waals surface area (Å²) in [6.07, 6.45) is 1.17. The summed E-state index contributed by atoms with van der Waals surface area (Å²) in [5, 5.41) is 0. The fraction of sp³-hybridized carbons (Fsp3) is 0.800. The van der Waals surface area contributed by atoms with E-state index in [-0.39, 0.29) is 17.9 Å². The lowest BCUT2D eigenvalue weighted by Gasteiger charge is -2.04. The van der Waals surface area contributed by atoms with Gasteiger partial charge in [0.2, 0.25) is 0 Å². The van der Waals surface area contributed by atoms with Crippen LogP contribution in [0, 0.1) is 0 Å². The van der Waals surface area contributed by atoms with Crippen LogP contribution in [-0.4, -0.2) is 17.9 Å². The van der Waals surface area contributed by atoms with Gasteiger partial charge in [0, 0.05) is 12.8 Å². The van der Waals surface area contributed by atoms with Crippen molar-refractivity contribution in [3.05, 3.63) is 0 Å². The second-order valence-electron chi connectivity index (χ2n) is 2.95. The van der Waals surface area contributed by atoms with Gasteiger partial charge in [0.25, 0.3) is 0 Å². The summed E-state index contributed by atoms with van der Waals surface area (Å²) in [6.45, 7) is 8.90. The normalized spacial score (nSPS) is 8.77. The fourth-order valence-electron chi connectivity index (χ4n) is 0.346. The van der Waals surface area contributed by atoms with Crippen molar-refractivity contribution in [2.75, 3.05) is 0 Å². The van der Waals surface area contributed by atoms with Gasteiger partial charge in [-0.1, -0.05) is 13.8 Å². The SMILES string of the molecule is CCC(=O)OC(C)C.CCC(C)=O. The molecule has 0 amide bonds. The molecule has 0 atom stereocenters. The molecule has 0 heterocycles. The minimum absolute atomic E-state index is 0.0300. The van der Waals surface area contributed by atoms with Gasteiger partial charge < -0.3 is 9.53 Å². The molecule has 0 bridgehead atoms. The van der Waals surface area contributed by atoms with Crippen molar-refractivity contribution >= 4 is 11.8 Å². The molecule has 13 heavy (non-hydrogen) atoms. The van der Waals surface area contributed by atoms with Gasteiger partial charge in [0.1, 0.15) is 5.78 Å². The molecule has 0 N–H and O–H groups in total. The Kier molecular flexibility index (Phi) is 10.4. The van der Waals surface area contributed by atoms with Crippen LogP contribution >= 0.6 is 0 Å². The number of carbonyl (C=O) groups excluding carboxylic acids is 2. The van der Waals surface area contributed by atoms with Crippen molar-refractivity contribution in [2.24, 2.45) is 0 Å². The van der Waals surface area contributed by atoms with E-state index >= 15 is 0 Å². The summed E-state index contributed by atoms with van der Waals surface area (Å²) in [5.41, 5.74) is 0. The van der Waals surface area contributed by atoms with Gasteiger partial charge in [-0.2, -0.15) is 0 Å². The maximum Gasteiger partial charge on any atom is 0.305 e. The van der Waals surface area contributed by atoms with Gasteiger partial charge in [0.05, 0.1) is 6.10 Å². The third-order valence-electron chi connectivity index (χ3n) is 1.15. The predicted molar refractivity (Wildman–Crippen MR) is 52.5 cm³/mol. The molecule has 0 radical (unpaired) electrons. The smallest absolute Gasteiger partial charge is 0.305 e. The van der Waals surface area contributed by atoms with E-state index in [4.69, 9.17) is 4.74 Å². The molecule has 0 aromatic heterocycles. The first-order valence-electron chi connectivity index (χ1n) is 4.62. The van der Waals surface area contributed by atoms with Crippen LogP contribution in [0.2, 0.25) is 0 Å². The van der Waals surface area contributed by atoms with Crippen LogP contribution in [0.1, 0.15) is 47.5 Å². The van der Waals surface area contributed by atoms with Crippen molar-refractivity contribution in [3.8, 4) is 0 Å². The highest BCUT2D eigenvalue weighted by Gasteiger charge is 1.98. The molecule has 0 rings (SSSR count). The lowest BCUT2D eigenvalue weighted by atomic mass is 10.4. The van der Waals surface area contributed by atoms with Gasteiger partial charge in [-0.05, 0) is 20.8 Å².